The number of para-hydroxylation sites is 1. The number of anilines is 1. The molecule has 1 aliphatic rings. The van der Waals surface area contributed by atoms with E-state index in [0.717, 1.165) is 5.69 Å². The lowest BCUT2D eigenvalue weighted by Crippen LogP contribution is -2.28. The van der Waals surface area contributed by atoms with Crippen LogP contribution in [0.15, 0.2) is 30.3 Å². The molecule has 2 unspecified atom stereocenters. The zero-order valence-corrected chi connectivity index (χ0v) is 9.76. The van der Waals surface area contributed by atoms with Gasteiger partial charge in [-0.2, -0.15) is 5.26 Å². The predicted octanol–water partition coefficient (Wildman–Crippen LogP) is 1.33. The fourth-order valence-electron chi connectivity index (χ4n) is 2.15. The van der Waals surface area contributed by atoms with Gasteiger partial charge < -0.3 is 10.2 Å². The van der Waals surface area contributed by atoms with E-state index < -0.39 is 0 Å². The Morgan fingerprint density at radius 1 is 1.41 bits per heavy atom. The highest BCUT2D eigenvalue weighted by Crippen LogP contribution is 2.23. The highest BCUT2D eigenvalue weighted by atomic mass is 16.2. The van der Waals surface area contributed by atoms with Gasteiger partial charge in [-0.1, -0.05) is 18.2 Å². The van der Waals surface area contributed by atoms with Crippen LogP contribution in [0, 0.1) is 23.2 Å². The van der Waals surface area contributed by atoms with Crippen molar-refractivity contribution in [3.63, 3.8) is 0 Å². The normalized spacial score (nSPS) is 24.2. The molecule has 1 heterocycles. The Balaban J connectivity index is 2.04. The average molecular weight is 229 g/mol. The molecule has 1 fully saturated rings. The van der Waals surface area contributed by atoms with Crippen LogP contribution in [0.3, 0.4) is 0 Å². The van der Waals surface area contributed by atoms with E-state index in [1.165, 1.54) is 0 Å². The van der Waals surface area contributed by atoms with Crippen molar-refractivity contribution in [3.05, 3.63) is 30.3 Å². The summed E-state index contributed by atoms with van der Waals surface area (Å²) >= 11 is 0. The summed E-state index contributed by atoms with van der Waals surface area (Å²) in [5.41, 5.74) is 0.781. The largest absolute Gasteiger partial charge is 0.326 e. The van der Waals surface area contributed by atoms with Gasteiger partial charge in [0.15, 0.2) is 0 Å². The quantitative estimate of drug-likeness (QED) is 0.832. The number of amides is 1. The van der Waals surface area contributed by atoms with Crippen LogP contribution in [0.5, 0.6) is 0 Å². The molecule has 1 aliphatic heterocycles. The summed E-state index contributed by atoms with van der Waals surface area (Å²) < 4.78 is 0. The van der Waals surface area contributed by atoms with Gasteiger partial charge in [0.25, 0.3) is 0 Å². The lowest BCUT2D eigenvalue weighted by atomic mass is 9.97. The molecule has 1 aromatic rings. The van der Waals surface area contributed by atoms with E-state index in [1.54, 1.807) is 0 Å². The van der Waals surface area contributed by atoms with Crippen molar-refractivity contribution in [1.82, 2.24) is 4.90 Å². The summed E-state index contributed by atoms with van der Waals surface area (Å²) in [5, 5.41) is 11.9. The third-order valence-electron chi connectivity index (χ3n) is 3.05. The van der Waals surface area contributed by atoms with Crippen molar-refractivity contribution in [1.29, 1.82) is 5.26 Å². The van der Waals surface area contributed by atoms with Crippen LogP contribution < -0.4 is 5.32 Å². The molecule has 0 aliphatic carbocycles. The smallest absolute Gasteiger partial charge is 0.230 e. The van der Waals surface area contributed by atoms with Crippen LogP contribution in [0.2, 0.25) is 0 Å². The first-order chi connectivity index (χ1) is 8.20. The molecular weight excluding hydrogens is 214 g/mol. The molecule has 1 amide bonds. The van der Waals surface area contributed by atoms with E-state index >= 15 is 0 Å². The molecule has 1 saturated heterocycles. The first-order valence-electron chi connectivity index (χ1n) is 5.65. The molecule has 0 aromatic heterocycles. The van der Waals surface area contributed by atoms with Crippen molar-refractivity contribution in [2.75, 3.05) is 25.5 Å². The monoisotopic (exact) mass is 229 g/mol. The third-order valence-corrected chi connectivity index (χ3v) is 3.05. The van der Waals surface area contributed by atoms with Gasteiger partial charge >= 0.3 is 0 Å². The first-order valence-corrected chi connectivity index (χ1v) is 5.65. The molecule has 0 bridgehead atoms. The fourth-order valence-corrected chi connectivity index (χ4v) is 2.15. The Morgan fingerprint density at radius 3 is 2.76 bits per heavy atom. The maximum Gasteiger partial charge on any atom is 0.230 e. The van der Waals surface area contributed by atoms with Crippen molar-refractivity contribution in [3.8, 4) is 6.07 Å². The molecule has 0 radical (unpaired) electrons. The molecule has 4 nitrogen and oxygen atoms in total. The van der Waals surface area contributed by atoms with Crippen LogP contribution in [0.25, 0.3) is 0 Å². The van der Waals surface area contributed by atoms with Gasteiger partial charge in [0, 0.05) is 18.8 Å². The van der Waals surface area contributed by atoms with Gasteiger partial charge in [0.2, 0.25) is 5.91 Å². The second-order valence-electron chi connectivity index (χ2n) is 4.42. The van der Waals surface area contributed by atoms with Crippen molar-refractivity contribution in [2.24, 2.45) is 11.8 Å². The van der Waals surface area contributed by atoms with E-state index in [0.29, 0.717) is 13.1 Å². The number of nitrogens with one attached hydrogen (secondary N) is 1. The highest BCUT2D eigenvalue weighted by Gasteiger charge is 2.36. The summed E-state index contributed by atoms with van der Waals surface area (Å²) in [6, 6.07) is 11.5. The summed E-state index contributed by atoms with van der Waals surface area (Å²) in [7, 11) is 1.93. The number of rotatable bonds is 2. The van der Waals surface area contributed by atoms with Crippen LogP contribution in [0.4, 0.5) is 5.69 Å². The van der Waals surface area contributed by atoms with Gasteiger partial charge in [-0.15, -0.1) is 0 Å². The minimum atomic E-state index is -0.231. The molecule has 1 N–H and O–H groups in total. The Kier molecular flexibility index (Phi) is 3.40. The number of benzene rings is 1. The zero-order valence-electron chi connectivity index (χ0n) is 9.76. The number of carbonyl (C=O) groups is 1. The van der Waals surface area contributed by atoms with Crippen LogP contribution in [-0.2, 0) is 4.79 Å². The molecule has 4 heteroatoms. The molecule has 0 spiro atoms. The molecule has 88 valence electrons. The summed E-state index contributed by atoms with van der Waals surface area (Å²) in [4.78, 5) is 14.1. The SMILES string of the molecule is CN1CC(C#N)C(C(=O)Nc2ccccc2)C1. The Morgan fingerprint density at radius 2 is 2.12 bits per heavy atom. The molecule has 0 saturated carbocycles. The Bertz CT molecular complexity index is 438. The molecule has 2 atom stereocenters. The molecule has 2 rings (SSSR count). The number of carbonyl (C=O) groups excluding carboxylic acids is 1. The van der Waals surface area contributed by atoms with Crippen molar-refractivity contribution < 1.29 is 4.79 Å². The van der Waals surface area contributed by atoms with E-state index in [1.807, 2.05) is 42.3 Å². The number of nitrogens with zero attached hydrogens (tertiary/aromatic N) is 2. The number of nitriles is 1. The lowest BCUT2D eigenvalue weighted by molar-refractivity contribution is -0.120. The average Bonchev–Trinajstić information content (AvgIpc) is 2.72. The Hall–Kier alpha value is -1.86. The molecule has 1 aromatic carbocycles. The predicted molar refractivity (Wildman–Crippen MR) is 65.2 cm³/mol. The Labute approximate surface area is 101 Å². The van der Waals surface area contributed by atoms with Gasteiger partial charge in [-0.25, -0.2) is 0 Å². The number of hydrogen-bond donors (Lipinski definition) is 1. The minimum absolute atomic E-state index is 0.0629. The van der Waals surface area contributed by atoms with Crippen LogP contribution in [0.1, 0.15) is 0 Å². The second-order valence-corrected chi connectivity index (χ2v) is 4.42. The second kappa shape index (κ2) is 4.98. The van der Waals surface area contributed by atoms with Crippen LogP contribution in [-0.4, -0.2) is 30.9 Å². The van der Waals surface area contributed by atoms with Crippen molar-refractivity contribution in [2.45, 2.75) is 0 Å². The third kappa shape index (κ3) is 2.63. The lowest BCUT2D eigenvalue weighted by Gasteiger charge is -2.12. The topological polar surface area (TPSA) is 56.1 Å². The molecule has 17 heavy (non-hydrogen) atoms. The van der Waals surface area contributed by atoms with E-state index in [-0.39, 0.29) is 17.7 Å². The maximum absolute atomic E-state index is 12.0. The summed E-state index contributed by atoms with van der Waals surface area (Å²) in [6.45, 7) is 1.32. The van der Waals surface area contributed by atoms with Gasteiger partial charge in [-0.05, 0) is 19.2 Å². The first kappa shape index (κ1) is 11.6. The van der Waals surface area contributed by atoms with E-state index in [2.05, 4.69) is 11.4 Å². The minimum Gasteiger partial charge on any atom is -0.326 e. The van der Waals surface area contributed by atoms with E-state index in [4.69, 9.17) is 5.26 Å². The molecular formula is C13H15N3O. The zero-order chi connectivity index (χ0) is 12.3. The standard InChI is InChI=1S/C13H15N3O/c1-16-8-10(7-14)12(9-16)13(17)15-11-5-3-2-4-6-11/h2-6,10,12H,8-9H2,1H3,(H,15,17). The number of hydrogen-bond acceptors (Lipinski definition) is 3. The van der Waals surface area contributed by atoms with Gasteiger partial charge in [0.05, 0.1) is 17.9 Å². The number of likely N-dealkylation sites (tertiary alicyclic amines) is 1. The summed E-state index contributed by atoms with van der Waals surface area (Å²) in [6.07, 6.45) is 0. The van der Waals surface area contributed by atoms with E-state index in [9.17, 15) is 4.79 Å². The maximum atomic E-state index is 12.0. The highest BCUT2D eigenvalue weighted by molar-refractivity contribution is 5.93. The van der Waals surface area contributed by atoms with Crippen molar-refractivity contribution >= 4 is 11.6 Å². The van der Waals surface area contributed by atoms with Gasteiger partial charge in [0.1, 0.15) is 0 Å². The fraction of sp³-hybridized carbons (Fsp3) is 0.385. The van der Waals surface area contributed by atoms with Gasteiger partial charge in [-0.3, -0.25) is 4.79 Å². The van der Waals surface area contributed by atoms with Crippen LogP contribution >= 0.6 is 0 Å². The summed E-state index contributed by atoms with van der Waals surface area (Å²) in [5.74, 6) is -0.499.